The van der Waals surface area contributed by atoms with Crippen molar-refractivity contribution in [3.63, 3.8) is 0 Å². The van der Waals surface area contributed by atoms with E-state index in [1.807, 2.05) is 18.2 Å². The maximum atomic E-state index is 10.6. The van der Waals surface area contributed by atoms with E-state index in [-0.39, 0.29) is 13.2 Å². The summed E-state index contributed by atoms with van der Waals surface area (Å²) in [7, 11) is 0. The zero-order valence-electron chi connectivity index (χ0n) is 8.05. The molecule has 0 aliphatic carbocycles. The molecule has 0 saturated heterocycles. The molecule has 0 saturated carbocycles. The van der Waals surface area contributed by atoms with E-state index in [4.69, 9.17) is 10.2 Å². The molecule has 2 rings (SSSR count). The highest BCUT2D eigenvalue weighted by Gasteiger charge is 2.04. The van der Waals surface area contributed by atoms with E-state index < -0.39 is 5.97 Å². The third-order valence-corrected chi connectivity index (χ3v) is 2.32. The number of fused-ring (bicyclic) bond motifs is 1. The zero-order valence-corrected chi connectivity index (χ0v) is 8.05. The van der Waals surface area contributed by atoms with Crippen LogP contribution < -0.4 is 0 Å². The van der Waals surface area contributed by atoms with Gasteiger partial charge in [0.15, 0.2) is 0 Å². The van der Waals surface area contributed by atoms with Gasteiger partial charge in [-0.3, -0.25) is 4.79 Å². The molecule has 4 heteroatoms. The standard InChI is InChI=1S/C11H11NO3/c13-7-8-1-2-10-9(5-8)3-4-12(10)6-11(14)15/h1-5,13H,6-7H2,(H,14,15). The predicted molar refractivity (Wildman–Crippen MR) is 55.5 cm³/mol. The van der Waals surface area contributed by atoms with Crippen LogP contribution in [0.2, 0.25) is 0 Å². The van der Waals surface area contributed by atoms with Gasteiger partial charge in [0.2, 0.25) is 0 Å². The lowest BCUT2D eigenvalue weighted by atomic mass is 10.2. The fraction of sp³-hybridized carbons (Fsp3) is 0.182. The molecule has 0 atom stereocenters. The second-order valence-corrected chi connectivity index (χ2v) is 3.39. The number of hydrogen-bond acceptors (Lipinski definition) is 2. The van der Waals surface area contributed by atoms with Crippen molar-refractivity contribution < 1.29 is 15.0 Å². The number of aliphatic hydroxyl groups is 1. The van der Waals surface area contributed by atoms with Crippen LogP contribution in [0.1, 0.15) is 5.56 Å². The number of aliphatic carboxylic acids is 1. The highest BCUT2D eigenvalue weighted by Crippen LogP contribution is 2.17. The highest BCUT2D eigenvalue weighted by atomic mass is 16.4. The smallest absolute Gasteiger partial charge is 0.323 e. The van der Waals surface area contributed by atoms with E-state index in [0.717, 1.165) is 16.5 Å². The number of aliphatic hydroxyl groups excluding tert-OH is 1. The lowest BCUT2D eigenvalue weighted by molar-refractivity contribution is -0.137. The van der Waals surface area contributed by atoms with Crippen molar-refractivity contribution in [2.45, 2.75) is 13.2 Å². The van der Waals surface area contributed by atoms with Gasteiger partial charge in [-0.1, -0.05) is 6.07 Å². The zero-order chi connectivity index (χ0) is 10.8. The molecule has 4 nitrogen and oxygen atoms in total. The summed E-state index contributed by atoms with van der Waals surface area (Å²) in [6.07, 6.45) is 1.74. The first-order valence-electron chi connectivity index (χ1n) is 4.61. The lowest BCUT2D eigenvalue weighted by Crippen LogP contribution is -2.07. The van der Waals surface area contributed by atoms with Gasteiger partial charge < -0.3 is 14.8 Å². The summed E-state index contributed by atoms with van der Waals surface area (Å²) in [5, 5.41) is 18.6. The van der Waals surface area contributed by atoms with Crippen molar-refractivity contribution in [3.05, 3.63) is 36.0 Å². The van der Waals surface area contributed by atoms with Gasteiger partial charge in [-0.2, -0.15) is 0 Å². The number of carboxylic acid groups (broad SMARTS) is 1. The van der Waals surface area contributed by atoms with Crippen molar-refractivity contribution in [1.29, 1.82) is 0 Å². The van der Waals surface area contributed by atoms with Crippen LogP contribution >= 0.6 is 0 Å². The maximum absolute atomic E-state index is 10.6. The van der Waals surface area contributed by atoms with Crippen molar-refractivity contribution in [1.82, 2.24) is 4.57 Å². The molecule has 78 valence electrons. The molecule has 1 aromatic heterocycles. The summed E-state index contributed by atoms with van der Waals surface area (Å²) in [6, 6.07) is 7.32. The minimum Gasteiger partial charge on any atom is -0.480 e. The summed E-state index contributed by atoms with van der Waals surface area (Å²) in [4.78, 5) is 10.6. The first-order valence-corrected chi connectivity index (χ1v) is 4.61. The molecule has 0 unspecified atom stereocenters. The van der Waals surface area contributed by atoms with Gasteiger partial charge in [0.25, 0.3) is 0 Å². The first-order chi connectivity index (χ1) is 7.20. The van der Waals surface area contributed by atoms with Crippen LogP contribution in [0, 0.1) is 0 Å². The lowest BCUT2D eigenvalue weighted by Gasteiger charge is -2.02. The van der Waals surface area contributed by atoms with E-state index >= 15 is 0 Å². The maximum Gasteiger partial charge on any atom is 0.323 e. The van der Waals surface area contributed by atoms with Crippen molar-refractivity contribution >= 4 is 16.9 Å². The number of aromatic nitrogens is 1. The number of benzene rings is 1. The van der Waals surface area contributed by atoms with E-state index in [0.29, 0.717) is 0 Å². The average Bonchev–Trinajstić information content (AvgIpc) is 2.60. The van der Waals surface area contributed by atoms with Crippen LogP contribution in [0.15, 0.2) is 30.5 Å². The van der Waals surface area contributed by atoms with Gasteiger partial charge in [-0.25, -0.2) is 0 Å². The van der Waals surface area contributed by atoms with Gasteiger partial charge in [0.05, 0.1) is 6.61 Å². The number of rotatable bonds is 3. The predicted octanol–water partition coefficient (Wildman–Crippen LogP) is 1.22. The van der Waals surface area contributed by atoms with Gasteiger partial charge in [0.1, 0.15) is 6.54 Å². The molecule has 2 aromatic rings. The highest BCUT2D eigenvalue weighted by molar-refractivity contribution is 5.82. The summed E-state index contributed by atoms with van der Waals surface area (Å²) < 4.78 is 1.67. The Balaban J connectivity index is 2.47. The van der Waals surface area contributed by atoms with Gasteiger partial charge in [-0.05, 0) is 29.1 Å². The Kier molecular flexibility index (Phi) is 2.43. The third kappa shape index (κ3) is 1.85. The minimum absolute atomic E-state index is 0.0000502. The van der Waals surface area contributed by atoms with Crippen LogP contribution in [0.4, 0.5) is 0 Å². The summed E-state index contributed by atoms with van der Waals surface area (Å²) in [5.41, 5.74) is 1.70. The number of nitrogens with zero attached hydrogens (tertiary/aromatic N) is 1. The summed E-state index contributed by atoms with van der Waals surface area (Å²) >= 11 is 0. The molecule has 0 fully saturated rings. The third-order valence-electron chi connectivity index (χ3n) is 2.32. The van der Waals surface area contributed by atoms with Gasteiger partial charge in [0, 0.05) is 11.7 Å². The van der Waals surface area contributed by atoms with Crippen molar-refractivity contribution in [3.8, 4) is 0 Å². The first kappa shape index (κ1) is 9.73. The Bertz CT molecular complexity index is 502. The molecule has 0 bridgehead atoms. The Morgan fingerprint density at radius 2 is 2.13 bits per heavy atom. The Hall–Kier alpha value is -1.81. The summed E-state index contributed by atoms with van der Waals surface area (Å²) in [5.74, 6) is -0.862. The molecule has 1 heterocycles. The number of hydrogen-bond donors (Lipinski definition) is 2. The van der Waals surface area contributed by atoms with Crippen LogP contribution in [-0.4, -0.2) is 20.7 Å². The fourth-order valence-corrected chi connectivity index (χ4v) is 1.63. The average molecular weight is 205 g/mol. The Labute approximate surface area is 86.4 Å². The molecular weight excluding hydrogens is 194 g/mol. The molecule has 0 amide bonds. The van der Waals surface area contributed by atoms with Crippen LogP contribution in [0.25, 0.3) is 10.9 Å². The van der Waals surface area contributed by atoms with Crippen LogP contribution in [-0.2, 0) is 17.9 Å². The topological polar surface area (TPSA) is 62.5 Å². The second-order valence-electron chi connectivity index (χ2n) is 3.39. The quantitative estimate of drug-likeness (QED) is 0.791. The van der Waals surface area contributed by atoms with Crippen LogP contribution in [0.5, 0.6) is 0 Å². The van der Waals surface area contributed by atoms with Gasteiger partial charge in [-0.15, -0.1) is 0 Å². The van der Waals surface area contributed by atoms with Crippen LogP contribution in [0.3, 0.4) is 0 Å². The molecule has 0 radical (unpaired) electrons. The van der Waals surface area contributed by atoms with Crippen molar-refractivity contribution in [2.24, 2.45) is 0 Å². The van der Waals surface area contributed by atoms with E-state index in [9.17, 15) is 4.79 Å². The Morgan fingerprint density at radius 3 is 2.80 bits per heavy atom. The summed E-state index contributed by atoms with van der Waals surface area (Å²) in [6.45, 7) is -0.0397. The minimum atomic E-state index is -0.862. The molecule has 15 heavy (non-hydrogen) atoms. The van der Waals surface area contributed by atoms with Gasteiger partial charge >= 0.3 is 5.97 Å². The SMILES string of the molecule is O=C(O)Cn1ccc2cc(CO)ccc21. The molecule has 2 N–H and O–H groups in total. The number of carboxylic acids is 1. The van der Waals surface area contributed by atoms with E-state index in [1.54, 1.807) is 16.8 Å². The largest absolute Gasteiger partial charge is 0.480 e. The monoisotopic (exact) mass is 205 g/mol. The Morgan fingerprint density at radius 1 is 1.33 bits per heavy atom. The fourth-order valence-electron chi connectivity index (χ4n) is 1.63. The molecule has 0 aliphatic rings. The van der Waals surface area contributed by atoms with E-state index in [2.05, 4.69) is 0 Å². The molecule has 0 spiro atoms. The number of carbonyl (C=O) groups is 1. The normalized spacial score (nSPS) is 10.7. The second kappa shape index (κ2) is 3.74. The molecule has 1 aromatic carbocycles. The van der Waals surface area contributed by atoms with Crippen molar-refractivity contribution in [2.75, 3.05) is 0 Å². The van der Waals surface area contributed by atoms with E-state index in [1.165, 1.54) is 0 Å². The molecular formula is C11H11NO3. The molecule has 0 aliphatic heterocycles.